The molecule has 7 heteroatoms. The van der Waals surface area contributed by atoms with Crippen LogP contribution in [0.2, 0.25) is 0 Å². The number of anilines is 1. The Hall–Kier alpha value is -4.00. The molecule has 0 aliphatic rings. The smallest absolute Gasteiger partial charge is 0.416 e. The van der Waals surface area contributed by atoms with Crippen LogP contribution in [0.5, 0.6) is 5.75 Å². The zero-order valence-corrected chi connectivity index (χ0v) is 19.8. The van der Waals surface area contributed by atoms with Crippen LogP contribution in [0.1, 0.15) is 36.6 Å². The first-order chi connectivity index (χ1) is 17.0. The molecule has 0 heterocycles. The summed E-state index contributed by atoms with van der Waals surface area (Å²) >= 11 is 0. The van der Waals surface area contributed by atoms with Crippen LogP contribution in [0.4, 0.5) is 18.9 Å². The van der Waals surface area contributed by atoms with Crippen molar-refractivity contribution in [3.8, 4) is 16.9 Å². The maximum Gasteiger partial charge on any atom is 0.416 e. The van der Waals surface area contributed by atoms with Crippen molar-refractivity contribution >= 4 is 22.4 Å². The molecular weight excluding hydrogens is 467 g/mol. The number of rotatable bonds is 7. The number of carbonyl (C=O) groups is 1. The summed E-state index contributed by atoms with van der Waals surface area (Å²) in [6, 6.07) is 22.2. The number of hydrogen-bond acceptors (Lipinski definition) is 3. The quantitative estimate of drug-likeness (QED) is 0.261. The van der Waals surface area contributed by atoms with Gasteiger partial charge in [-0.1, -0.05) is 55.5 Å². The van der Waals surface area contributed by atoms with E-state index in [2.05, 4.69) is 0 Å². The molecular formula is C29H26F3NO3. The molecule has 3 N–H and O–H groups in total. The number of ether oxygens (including phenoxy) is 1. The van der Waals surface area contributed by atoms with Crippen molar-refractivity contribution in [3.63, 3.8) is 0 Å². The van der Waals surface area contributed by atoms with Gasteiger partial charge in [0.15, 0.2) is 5.75 Å². The Labute approximate surface area is 207 Å². The number of fused-ring (bicyclic) bond motifs is 1. The second-order valence-corrected chi connectivity index (χ2v) is 8.95. The van der Waals surface area contributed by atoms with Gasteiger partial charge in [0.2, 0.25) is 0 Å². The third-order valence-electron chi connectivity index (χ3n) is 6.20. The predicted molar refractivity (Wildman–Crippen MR) is 135 cm³/mol. The summed E-state index contributed by atoms with van der Waals surface area (Å²) in [5, 5.41) is 11.4. The molecule has 0 aromatic heterocycles. The minimum Gasteiger partial charge on any atom is -0.483 e. The van der Waals surface area contributed by atoms with E-state index in [1.165, 1.54) is 12.1 Å². The molecule has 0 saturated carbocycles. The Morgan fingerprint density at radius 1 is 0.944 bits per heavy atom. The second kappa shape index (κ2) is 9.93. The van der Waals surface area contributed by atoms with Crippen molar-refractivity contribution in [2.45, 2.75) is 32.5 Å². The van der Waals surface area contributed by atoms with Gasteiger partial charge in [-0.15, -0.1) is 0 Å². The van der Waals surface area contributed by atoms with E-state index in [1.54, 1.807) is 19.9 Å². The summed E-state index contributed by atoms with van der Waals surface area (Å²) in [6.45, 7) is 3.37. The van der Waals surface area contributed by atoms with E-state index >= 15 is 0 Å². The SMILES string of the molecule is CC(Cc1cc(N)c(OC(C)c2ccc(C(F)(F)F)cc2)c(-c2ccc3ccccc3c2)c1)C(=O)O. The van der Waals surface area contributed by atoms with Crippen molar-refractivity contribution in [1.29, 1.82) is 0 Å². The fourth-order valence-electron chi connectivity index (χ4n) is 4.16. The minimum absolute atomic E-state index is 0.287. The lowest BCUT2D eigenvalue weighted by molar-refractivity contribution is -0.141. The van der Waals surface area contributed by atoms with E-state index in [-0.39, 0.29) is 6.42 Å². The second-order valence-electron chi connectivity index (χ2n) is 8.95. The molecule has 0 saturated heterocycles. The van der Waals surface area contributed by atoms with Crippen LogP contribution in [-0.2, 0) is 17.4 Å². The van der Waals surface area contributed by atoms with Gasteiger partial charge >= 0.3 is 12.1 Å². The highest BCUT2D eigenvalue weighted by Gasteiger charge is 2.30. The van der Waals surface area contributed by atoms with Gasteiger partial charge in [0.25, 0.3) is 0 Å². The Balaban J connectivity index is 1.75. The third-order valence-corrected chi connectivity index (χ3v) is 6.20. The molecule has 36 heavy (non-hydrogen) atoms. The van der Waals surface area contributed by atoms with Gasteiger partial charge in [-0.05, 0) is 71.1 Å². The normalized spacial score (nSPS) is 13.4. The van der Waals surface area contributed by atoms with E-state index in [0.717, 1.165) is 34.0 Å². The van der Waals surface area contributed by atoms with Crippen LogP contribution in [0, 0.1) is 5.92 Å². The number of carboxylic acid groups (broad SMARTS) is 1. The number of aliphatic carboxylic acids is 1. The molecule has 2 atom stereocenters. The molecule has 0 spiro atoms. The van der Waals surface area contributed by atoms with E-state index in [9.17, 15) is 23.1 Å². The Morgan fingerprint density at radius 2 is 1.61 bits per heavy atom. The maximum atomic E-state index is 13.0. The zero-order valence-electron chi connectivity index (χ0n) is 19.8. The highest BCUT2D eigenvalue weighted by atomic mass is 19.4. The van der Waals surface area contributed by atoms with Gasteiger partial charge in [-0.2, -0.15) is 13.2 Å². The summed E-state index contributed by atoms with van der Waals surface area (Å²) < 4.78 is 45.1. The topological polar surface area (TPSA) is 72.5 Å². The number of nitrogen functional groups attached to an aromatic ring is 1. The number of halogens is 3. The fraction of sp³-hybridized carbons (Fsp3) is 0.207. The third kappa shape index (κ3) is 5.46. The fourth-order valence-corrected chi connectivity index (χ4v) is 4.16. The zero-order chi connectivity index (χ0) is 26.0. The highest BCUT2D eigenvalue weighted by molar-refractivity contribution is 5.89. The molecule has 0 fully saturated rings. The molecule has 186 valence electrons. The first kappa shape index (κ1) is 25.1. The summed E-state index contributed by atoms with van der Waals surface area (Å²) in [7, 11) is 0. The van der Waals surface area contributed by atoms with Crippen LogP contribution in [0.25, 0.3) is 21.9 Å². The summed E-state index contributed by atoms with van der Waals surface area (Å²) in [4.78, 5) is 11.4. The van der Waals surface area contributed by atoms with Crippen molar-refractivity contribution in [2.24, 2.45) is 5.92 Å². The molecule has 4 aromatic carbocycles. The van der Waals surface area contributed by atoms with Gasteiger partial charge < -0.3 is 15.6 Å². The molecule has 0 aliphatic carbocycles. The Kier molecular flexibility index (Phi) is 6.93. The average molecular weight is 494 g/mol. The van der Waals surface area contributed by atoms with Gasteiger partial charge in [-0.25, -0.2) is 0 Å². The average Bonchev–Trinajstić information content (AvgIpc) is 2.84. The maximum absolute atomic E-state index is 13.0. The lowest BCUT2D eigenvalue weighted by Crippen LogP contribution is -2.13. The van der Waals surface area contributed by atoms with E-state index < -0.39 is 29.7 Å². The Bertz CT molecular complexity index is 1400. The van der Waals surface area contributed by atoms with E-state index in [1.807, 2.05) is 48.5 Å². The number of carboxylic acids is 1. The molecule has 0 aliphatic heterocycles. The number of benzene rings is 4. The first-order valence-electron chi connectivity index (χ1n) is 11.5. The van der Waals surface area contributed by atoms with E-state index in [4.69, 9.17) is 10.5 Å². The lowest BCUT2D eigenvalue weighted by Gasteiger charge is -2.22. The standard InChI is InChI=1S/C29H26F3NO3/c1-17(28(34)35)13-19-14-25(23-8-7-21-5-3-4-6-22(21)16-23)27(26(33)15-19)36-18(2)20-9-11-24(12-10-20)29(30,31)32/h3-12,14-18H,13,33H2,1-2H3,(H,34,35). The number of nitrogens with two attached hydrogens (primary N) is 1. The molecule has 4 aromatic rings. The van der Waals surface area contributed by atoms with Gasteiger partial charge in [0.05, 0.1) is 17.2 Å². The predicted octanol–water partition coefficient (Wildman–Crippen LogP) is 7.51. The van der Waals surface area contributed by atoms with Crippen LogP contribution in [0.3, 0.4) is 0 Å². The van der Waals surface area contributed by atoms with Crippen molar-refractivity contribution in [3.05, 3.63) is 95.6 Å². The largest absolute Gasteiger partial charge is 0.483 e. The highest BCUT2D eigenvalue weighted by Crippen LogP contribution is 2.40. The summed E-state index contributed by atoms with van der Waals surface area (Å²) in [5.74, 6) is -1.12. The van der Waals surface area contributed by atoms with Crippen LogP contribution in [0.15, 0.2) is 78.9 Å². The van der Waals surface area contributed by atoms with Crippen LogP contribution >= 0.6 is 0 Å². The van der Waals surface area contributed by atoms with Crippen molar-refractivity contribution in [1.82, 2.24) is 0 Å². The molecule has 0 bridgehead atoms. The summed E-state index contributed by atoms with van der Waals surface area (Å²) in [6.07, 6.45) is -4.72. The number of alkyl halides is 3. The summed E-state index contributed by atoms with van der Waals surface area (Å²) in [5.41, 5.74) is 8.84. The van der Waals surface area contributed by atoms with Crippen molar-refractivity contribution < 1.29 is 27.8 Å². The molecule has 2 unspecified atom stereocenters. The molecule has 4 nitrogen and oxygen atoms in total. The molecule has 0 amide bonds. The minimum atomic E-state index is -4.42. The van der Waals surface area contributed by atoms with Gasteiger partial charge in [-0.3, -0.25) is 4.79 Å². The monoisotopic (exact) mass is 493 g/mol. The van der Waals surface area contributed by atoms with Crippen LogP contribution < -0.4 is 10.5 Å². The first-order valence-corrected chi connectivity index (χ1v) is 11.5. The van der Waals surface area contributed by atoms with Crippen LogP contribution in [-0.4, -0.2) is 11.1 Å². The molecule has 4 rings (SSSR count). The Morgan fingerprint density at radius 3 is 2.25 bits per heavy atom. The number of hydrogen-bond donors (Lipinski definition) is 2. The van der Waals surface area contributed by atoms with E-state index in [0.29, 0.717) is 22.6 Å². The lowest BCUT2D eigenvalue weighted by atomic mass is 9.94. The van der Waals surface area contributed by atoms with Crippen molar-refractivity contribution in [2.75, 3.05) is 5.73 Å². The molecule has 0 radical (unpaired) electrons. The van der Waals surface area contributed by atoms with Gasteiger partial charge in [0, 0.05) is 5.56 Å². The van der Waals surface area contributed by atoms with Gasteiger partial charge in [0.1, 0.15) is 6.10 Å².